The van der Waals surface area contributed by atoms with Crippen molar-refractivity contribution >= 4 is 29.0 Å². The zero-order chi connectivity index (χ0) is 23.2. The lowest BCUT2D eigenvalue weighted by Gasteiger charge is -2.24. The number of benzene rings is 3. The fraction of sp³-hybridized carbons (Fsp3) is 0.259. The predicted octanol–water partition coefficient (Wildman–Crippen LogP) is 5.58. The summed E-state index contributed by atoms with van der Waals surface area (Å²) in [5.41, 5.74) is 4.47. The van der Waals surface area contributed by atoms with E-state index in [4.69, 9.17) is 11.6 Å². The summed E-state index contributed by atoms with van der Waals surface area (Å²) in [6.07, 6.45) is -0.301. The lowest BCUT2D eigenvalue weighted by molar-refractivity contribution is -0.136. The van der Waals surface area contributed by atoms with Gasteiger partial charge in [-0.25, -0.2) is 0 Å². The van der Waals surface area contributed by atoms with Crippen LogP contribution in [-0.2, 0) is 16.9 Å². The molecule has 0 saturated heterocycles. The Balaban J connectivity index is 1.72. The van der Waals surface area contributed by atoms with Crippen molar-refractivity contribution in [1.82, 2.24) is 0 Å². The summed E-state index contributed by atoms with van der Waals surface area (Å²) in [5.74, 6) is -0.715. The highest BCUT2D eigenvalue weighted by Gasteiger charge is 2.51. The van der Waals surface area contributed by atoms with Crippen LogP contribution in [0.15, 0.2) is 54.6 Å². The molecule has 4 nitrogen and oxygen atoms in total. The average Bonchev–Trinajstić information content (AvgIpc) is 2.96. The van der Waals surface area contributed by atoms with Gasteiger partial charge in [0.1, 0.15) is 0 Å². The summed E-state index contributed by atoms with van der Waals surface area (Å²) in [6.45, 7) is 8.05. The minimum Gasteiger partial charge on any atom is -0.375 e. The Labute approximate surface area is 193 Å². The largest absolute Gasteiger partial charge is 0.375 e. The van der Waals surface area contributed by atoms with Gasteiger partial charge < -0.3 is 10.0 Å². The number of anilines is 1. The Kier molecular flexibility index (Phi) is 5.70. The molecule has 32 heavy (non-hydrogen) atoms. The van der Waals surface area contributed by atoms with E-state index in [1.165, 1.54) is 0 Å². The molecule has 0 aromatic heterocycles. The normalized spacial score (nSPS) is 17.6. The van der Waals surface area contributed by atoms with Crippen LogP contribution >= 0.6 is 11.6 Å². The Hall–Kier alpha value is -2.95. The van der Waals surface area contributed by atoms with Crippen molar-refractivity contribution in [2.75, 3.05) is 4.90 Å². The number of fused-ring (bicyclic) bond motifs is 1. The first kappa shape index (κ1) is 22.3. The summed E-state index contributed by atoms with van der Waals surface area (Å²) in [7, 11) is 0. The second-order valence-corrected chi connectivity index (χ2v) is 9.07. The third-order valence-corrected chi connectivity index (χ3v) is 6.81. The Morgan fingerprint density at radius 3 is 2.19 bits per heavy atom. The van der Waals surface area contributed by atoms with Crippen molar-refractivity contribution in [3.8, 4) is 0 Å². The van der Waals surface area contributed by atoms with E-state index < -0.39 is 11.5 Å². The highest BCUT2D eigenvalue weighted by Crippen LogP contribution is 2.44. The molecule has 1 N–H and O–H groups in total. The molecule has 0 fully saturated rings. The molecule has 1 atom stereocenters. The van der Waals surface area contributed by atoms with Crippen LogP contribution in [0.5, 0.6) is 0 Å². The van der Waals surface area contributed by atoms with Gasteiger partial charge in [0.2, 0.25) is 0 Å². The molecular formula is C27H26ClNO3. The third-order valence-electron chi connectivity index (χ3n) is 6.55. The average molecular weight is 448 g/mol. The Morgan fingerprint density at radius 2 is 1.56 bits per heavy atom. The number of ketones is 1. The molecule has 0 bridgehead atoms. The van der Waals surface area contributed by atoms with Crippen LogP contribution in [0.2, 0.25) is 5.02 Å². The first-order chi connectivity index (χ1) is 15.1. The summed E-state index contributed by atoms with van der Waals surface area (Å²) >= 11 is 5.99. The minimum absolute atomic E-state index is 0.231. The van der Waals surface area contributed by atoms with E-state index in [9.17, 15) is 14.7 Å². The van der Waals surface area contributed by atoms with Crippen LogP contribution < -0.4 is 4.90 Å². The first-order valence-corrected chi connectivity index (χ1v) is 11.0. The smallest absolute Gasteiger partial charge is 0.264 e. The third kappa shape index (κ3) is 3.64. The van der Waals surface area contributed by atoms with E-state index in [2.05, 4.69) is 6.07 Å². The molecule has 0 aliphatic carbocycles. The monoisotopic (exact) mass is 447 g/mol. The van der Waals surface area contributed by atoms with Gasteiger partial charge in [-0.2, -0.15) is 0 Å². The maximum absolute atomic E-state index is 13.5. The first-order valence-electron chi connectivity index (χ1n) is 10.6. The fourth-order valence-electron chi connectivity index (χ4n) is 4.56. The molecule has 164 valence electrons. The SMILES string of the molecule is Cc1cc(C)c(C)c(C(=O)C[C@]2(O)C(=O)N(Cc3ccc(Cl)cc3)c3ccccc32)c1C. The summed E-state index contributed by atoms with van der Waals surface area (Å²) in [6, 6.07) is 16.4. The molecule has 3 aromatic rings. The lowest BCUT2D eigenvalue weighted by atomic mass is 9.84. The van der Waals surface area contributed by atoms with E-state index in [1.807, 2.05) is 45.9 Å². The van der Waals surface area contributed by atoms with Crippen molar-refractivity contribution in [2.24, 2.45) is 0 Å². The minimum atomic E-state index is -1.91. The molecule has 0 unspecified atom stereocenters. The van der Waals surface area contributed by atoms with Gasteiger partial charge in [-0.05, 0) is 73.7 Å². The van der Waals surface area contributed by atoms with Crippen molar-refractivity contribution in [1.29, 1.82) is 0 Å². The highest BCUT2D eigenvalue weighted by atomic mass is 35.5. The van der Waals surface area contributed by atoms with E-state index in [1.54, 1.807) is 35.2 Å². The molecule has 3 aromatic carbocycles. The standard InChI is InChI=1S/C27H26ClNO3/c1-16-13-17(2)19(4)25(18(16)3)24(30)14-27(32)22-7-5-6-8-23(22)29(26(27)31)15-20-9-11-21(28)12-10-20/h5-13,32H,14-15H2,1-4H3/t27-/m1/s1. The lowest BCUT2D eigenvalue weighted by Crippen LogP contribution is -2.41. The number of hydrogen-bond donors (Lipinski definition) is 1. The van der Waals surface area contributed by atoms with Crippen LogP contribution in [0.1, 0.15) is 50.2 Å². The molecule has 1 amide bonds. The zero-order valence-corrected chi connectivity index (χ0v) is 19.5. The van der Waals surface area contributed by atoms with E-state index in [0.717, 1.165) is 27.8 Å². The second kappa shape index (κ2) is 8.19. The van der Waals surface area contributed by atoms with Crippen LogP contribution in [0, 0.1) is 27.7 Å². The second-order valence-electron chi connectivity index (χ2n) is 8.63. The van der Waals surface area contributed by atoms with Crippen LogP contribution in [0.4, 0.5) is 5.69 Å². The summed E-state index contributed by atoms with van der Waals surface area (Å²) < 4.78 is 0. The number of aliphatic hydroxyl groups is 1. The van der Waals surface area contributed by atoms with Crippen molar-refractivity contribution in [2.45, 2.75) is 46.3 Å². The van der Waals surface area contributed by atoms with Gasteiger partial charge in [0.25, 0.3) is 5.91 Å². The fourth-order valence-corrected chi connectivity index (χ4v) is 4.69. The number of para-hydroxylation sites is 1. The van der Waals surface area contributed by atoms with E-state index in [-0.39, 0.29) is 18.7 Å². The van der Waals surface area contributed by atoms with Crippen LogP contribution in [-0.4, -0.2) is 16.8 Å². The molecule has 1 aliphatic rings. The number of halogens is 1. The quantitative estimate of drug-likeness (QED) is 0.519. The molecule has 5 heteroatoms. The molecule has 0 saturated carbocycles. The van der Waals surface area contributed by atoms with Crippen molar-refractivity contribution < 1.29 is 14.7 Å². The van der Waals surface area contributed by atoms with Gasteiger partial charge in [0.15, 0.2) is 11.4 Å². The number of Topliss-reactive ketones (excluding diaryl/α,β-unsaturated/α-hetero) is 1. The Morgan fingerprint density at radius 1 is 0.969 bits per heavy atom. The number of rotatable bonds is 5. The molecular weight excluding hydrogens is 422 g/mol. The van der Waals surface area contributed by atoms with Crippen LogP contribution in [0.3, 0.4) is 0 Å². The van der Waals surface area contributed by atoms with Crippen molar-refractivity contribution in [3.05, 3.63) is 98.6 Å². The van der Waals surface area contributed by atoms with E-state index >= 15 is 0 Å². The van der Waals surface area contributed by atoms with E-state index in [0.29, 0.717) is 21.8 Å². The van der Waals surface area contributed by atoms with Gasteiger partial charge in [-0.1, -0.05) is 48.0 Å². The maximum atomic E-state index is 13.5. The summed E-state index contributed by atoms with van der Waals surface area (Å²) in [4.78, 5) is 28.5. The maximum Gasteiger partial charge on any atom is 0.264 e. The molecule has 1 aliphatic heterocycles. The van der Waals surface area contributed by atoms with Gasteiger partial charge in [0, 0.05) is 16.1 Å². The highest BCUT2D eigenvalue weighted by molar-refractivity contribution is 6.30. The molecule has 0 spiro atoms. The number of nitrogens with zero attached hydrogens (tertiary/aromatic N) is 1. The summed E-state index contributed by atoms with van der Waals surface area (Å²) in [5, 5.41) is 12.2. The van der Waals surface area contributed by atoms with Crippen molar-refractivity contribution in [3.63, 3.8) is 0 Å². The topological polar surface area (TPSA) is 57.6 Å². The molecule has 4 rings (SSSR count). The number of hydrogen-bond acceptors (Lipinski definition) is 3. The van der Waals surface area contributed by atoms with Crippen LogP contribution in [0.25, 0.3) is 0 Å². The molecule has 1 heterocycles. The van der Waals surface area contributed by atoms with Gasteiger partial charge >= 0.3 is 0 Å². The number of carbonyl (C=O) groups is 2. The zero-order valence-electron chi connectivity index (χ0n) is 18.7. The number of carbonyl (C=O) groups excluding carboxylic acids is 2. The van der Waals surface area contributed by atoms with Gasteiger partial charge in [0.05, 0.1) is 18.7 Å². The number of amides is 1. The molecule has 0 radical (unpaired) electrons. The number of aryl methyl sites for hydroxylation is 2. The van der Waals surface area contributed by atoms with Gasteiger partial charge in [-0.3, -0.25) is 9.59 Å². The predicted molar refractivity (Wildman–Crippen MR) is 127 cm³/mol. The Bertz CT molecular complexity index is 1210. The van der Waals surface area contributed by atoms with Gasteiger partial charge in [-0.15, -0.1) is 0 Å².